The van der Waals surface area contributed by atoms with E-state index in [4.69, 9.17) is 16.5 Å². The van der Waals surface area contributed by atoms with Gasteiger partial charge >= 0.3 is 5.97 Å². The third kappa shape index (κ3) is 8.68. The van der Waals surface area contributed by atoms with Crippen LogP contribution in [0.2, 0.25) is 0 Å². The molecule has 0 aliphatic carbocycles. The zero-order valence-corrected chi connectivity index (χ0v) is 13.5. The van der Waals surface area contributed by atoms with Crippen molar-refractivity contribution in [3.63, 3.8) is 0 Å². The molecule has 2 unspecified atom stereocenters. The smallest absolute Gasteiger partial charge is 0.331 e. The molecule has 0 aromatic rings. The average Bonchev–Trinajstić information content (AvgIpc) is 2.16. The van der Waals surface area contributed by atoms with Gasteiger partial charge < -0.3 is 4.74 Å². The summed E-state index contributed by atoms with van der Waals surface area (Å²) in [5.74, 6) is -0.293. The van der Waals surface area contributed by atoms with E-state index >= 15 is 0 Å². The summed E-state index contributed by atoms with van der Waals surface area (Å²) >= 11 is 8.97. The highest BCUT2D eigenvalue weighted by Crippen LogP contribution is 2.68. The van der Waals surface area contributed by atoms with E-state index in [1.807, 2.05) is 11.4 Å². The van der Waals surface area contributed by atoms with Gasteiger partial charge in [-0.25, -0.2) is 4.79 Å². The lowest BCUT2D eigenvalue weighted by molar-refractivity contribution is -0.137. The molecule has 6 heteroatoms. The van der Waals surface area contributed by atoms with Crippen molar-refractivity contribution in [3.8, 4) is 0 Å². The Hall–Kier alpha value is 0.560. The Balaban J connectivity index is 4.08. The maximum Gasteiger partial charge on any atom is 0.331 e. The summed E-state index contributed by atoms with van der Waals surface area (Å²) in [7, 11) is 0. The summed E-state index contributed by atoms with van der Waals surface area (Å²) in [6.07, 6.45) is 2.58. The van der Waals surface area contributed by atoms with Crippen LogP contribution in [0.3, 0.4) is 0 Å². The molecule has 0 radical (unpaired) electrons. The Labute approximate surface area is 111 Å². The molecule has 0 N–H and O–H groups in total. The van der Waals surface area contributed by atoms with Crippen LogP contribution in [0.15, 0.2) is 11.5 Å². The Bertz CT molecular complexity index is 292. The van der Waals surface area contributed by atoms with Crippen LogP contribution < -0.4 is 0 Å². The first kappa shape index (κ1) is 16.6. The average molecular weight is 298 g/mol. The Morgan fingerprint density at radius 3 is 2.69 bits per heavy atom. The molecule has 0 amide bonds. The first-order valence-electron chi connectivity index (χ1n) is 5.19. The van der Waals surface area contributed by atoms with E-state index in [1.165, 1.54) is 6.08 Å². The zero-order chi connectivity index (χ0) is 12.6. The quantitative estimate of drug-likeness (QED) is 0.397. The first-order chi connectivity index (χ1) is 7.41. The van der Waals surface area contributed by atoms with Crippen molar-refractivity contribution in [3.05, 3.63) is 11.5 Å². The summed E-state index contributed by atoms with van der Waals surface area (Å²) in [4.78, 5) is 11.1. The predicted octanol–water partition coefficient (Wildman–Crippen LogP) is 4.27. The summed E-state index contributed by atoms with van der Waals surface area (Å²) in [5.41, 5.74) is 0. The van der Waals surface area contributed by atoms with Crippen molar-refractivity contribution in [2.75, 3.05) is 13.3 Å². The number of carbonyl (C=O) groups excluding carboxylic acids is 1. The normalized spacial score (nSPS) is 17.0. The second-order valence-electron chi connectivity index (χ2n) is 3.26. The summed E-state index contributed by atoms with van der Waals surface area (Å²) in [6, 6.07) is 0. The fourth-order valence-electron chi connectivity index (χ4n) is 0.813. The van der Waals surface area contributed by atoms with Crippen molar-refractivity contribution in [2.45, 2.75) is 32.4 Å². The fourth-order valence-corrected chi connectivity index (χ4v) is 9.45. The molecule has 0 heterocycles. The van der Waals surface area contributed by atoms with Crippen molar-refractivity contribution < 1.29 is 9.53 Å². The van der Waals surface area contributed by atoms with Gasteiger partial charge in [-0.1, -0.05) is 37.0 Å². The lowest BCUT2D eigenvalue weighted by atomic mass is 10.4. The minimum absolute atomic E-state index is 0.293. The van der Waals surface area contributed by atoms with Gasteiger partial charge in [0.25, 0.3) is 0 Å². The highest BCUT2D eigenvalue weighted by atomic mass is 33.2. The second-order valence-corrected chi connectivity index (χ2v) is 16.2. The number of rotatable bonds is 7. The molecular formula is C10H19O2PS3. The maximum atomic E-state index is 11.1. The minimum Gasteiger partial charge on any atom is -0.463 e. The standard InChI is InChI=1S/C10H19O2PS3/c1-5-9(3)16-13(4,14)15-8-7-10(11)12-6-2/h7-9H,5-6H2,1-4H3. The number of ether oxygens (including phenoxy) is 1. The summed E-state index contributed by atoms with van der Waals surface area (Å²) in [6.45, 7) is 8.65. The summed E-state index contributed by atoms with van der Waals surface area (Å²) < 4.78 is 3.32. The zero-order valence-electron chi connectivity index (χ0n) is 10.1. The second kappa shape index (κ2) is 8.62. The molecule has 0 saturated heterocycles. The molecule has 0 aromatic heterocycles. The number of esters is 1. The van der Waals surface area contributed by atoms with E-state index in [0.717, 1.165) is 6.42 Å². The van der Waals surface area contributed by atoms with Crippen LogP contribution in [0.1, 0.15) is 27.2 Å². The van der Waals surface area contributed by atoms with Crippen LogP contribution in [-0.4, -0.2) is 24.5 Å². The van der Waals surface area contributed by atoms with Crippen molar-refractivity contribution in [2.24, 2.45) is 0 Å². The van der Waals surface area contributed by atoms with Gasteiger partial charge in [-0.2, -0.15) is 0 Å². The molecule has 2 nitrogen and oxygen atoms in total. The molecule has 16 heavy (non-hydrogen) atoms. The third-order valence-corrected chi connectivity index (χ3v) is 10.2. The van der Waals surface area contributed by atoms with E-state index in [2.05, 4.69) is 20.5 Å². The molecule has 94 valence electrons. The molecule has 0 aliphatic rings. The van der Waals surface area contributed by atoms with Crippen molar-refractivity contribution in [1.29, 1.82) is 0 Å². The maximum absolute atomic E-state index is 11.1. The SMILES string of the molecule is CCOC(=O)C=CSP(C)(=S)SC(C)CC. The monoisotopic (exact) mass is 298 g/mol. The van der Waals surface area contributed by atoms with Crippen LogP contribution in [0.5, 0.6) is 0 Å². The number of hydrogen-bond donors (Lipinski definition) is 0. The number of hydrogen-bond acceptors (Lipinski definition) is 5. The molecule has 0 aliphatic heterocycles. The van der Waals surface area contributed by atoms with Crippen LogP contribution in [-0.2, 0) is 21.3 Å². The molecular weight excluding hydrogens is 279 g/mol. The van der Waals surface area contributed by atoms with Gasteiger partial charge in [0.2, 0.25) is 0 Å². The Morgan fingerprint density at radius 1 is 1.56 bits per heavy atom. The van der Waals surface area contributed by atoms with E-state index in [-0.39, 0.29) is 5.97 Å². The molecule has 0 saturated carbocycles. The van der Waals surface area contributed by atoms with E-state index in [1.54, 1.807) is 23.7 Å². The molecule has 2 atom stereocenters. The van der Waals surface area contributed by atoms with Crippen LogP contribution in [0.4, 0.5) is 0 Å². The van der Waals surface area contributed by atoms with E-state index < -0.39 is 4.44 Å². The van der Waals surface area contributed by atoms with Gasteiger partial charge in [0.05, 0.1) is 11.0 Å². The van der Waals surface area contributed by atoms with Crippen LogP contribution >= 0.6 is 27.2 Å². The largest absolute Gasteiger partial charge is 0.463 e. The van der Waals surface area contributed by atoms with Gasteiger partial charge in [0.15, 0.2) is 0 Å². The lowest BCUT2D eigenvalue weighted by Gasteiger charge is -2.17. The van der Waals surface area contributed by atoms with Gasteiger partial charge in [-0.15, -0.1) is 11.4 Å². The summed E-state index contributed by atoms with van der Waals surface area (Å²) in [5, 5.41) is 2.35. The van der Waals surface area contributed by atoms with Crippen LogP contribution in [0, 0.1) is 0 Å². The molecule has 0 spiro atoms. The Morgan fingerprint density at radius 2 is 2.19 bits per heavy atom. The molecule has 0 rings (SSSR count). The minimum atomic E-state index is -1.47. The topological polar surface area (TPSA) is 26.3 Å². The highest BCUT2D eigenvalue weighted by molar-refractivity contribution is 9.01. The van der Waals surface area contributed by atoms with Crippen molar-refractivity contribution in [1.82, 2.24) is 0 Å². The van der Waals surface area contributed by atoms with Gasteiger partial charge in [0.1, 0.15) is 0 Å². The van der Waals surface area contributed by atoms with E-state index in [9.17, 15) is 4.79 Å². The molecule has 0 fully saturated rings. The van der Waals surface area contributed by atoms with Gasteiger partial charge in [0, 0.05) is 11.3 Å². The van der Waals surface area contributed by atoms with Crippen molar-refractivity contribution >= 4 is 45.0 Å². The highest BCUT2D eigenvalue weighted by Gasteiger charge is 2.13. The third-order valence-electron chi connectivity index (χ3n) is 1.69. The first-order valence-corrected chi connectivity index (χ1v) is 11.4. The van der Waals surface area contributed by atoms with Crippen LogP contribution in [0.25, 0.3) is 0 Å². The molecule has 0 bridgehead atoms. The molecule has 0 aromatic carbocycles. The number of carbonyl (C=O) groups is 1. The fraction of sp³-hybridized carbons (Fsp3) is 0.700. The van der Waals surface area contributed by atoms with E-state index in [0.29, 0.717) is 11.9 Å². The van der Waals surface area contributed by atoms with Gasteiger partial charge in [-0.3, -0.25) is 0 Å². The lowest BCUT2D eigenvalue weighted by Crippen LogP contribution is -1.98. The predicted molar refractivity (Wildman–Crippen MR) is 80.9 cm³/mol. The van der Waals surface area contributed by atoms with Gasteiger partial charge in [-0.05, 0) is 25.4 Å². The Kier molecular flexibility index (Phi) is 8.92.